The van der Waals surface area contributed by atoms with Crippen LogP contribution in [0.15, 0.2) is 82.6 Å². The first kappa shape index (κ1) is 21.9. The smallest absolute Gasteiger partial charge is 0.261 e. The molecule has 3 aromatic carbocycles. The molecule has 0 fully saturated rings. The van der Waals surface area contributed by atoms with Crippen molar-refractivity contribution in [3.63, 3.8) is 0 Å². The fourth-order valence-electron chi connectivity index (χ4n) is 2.75. The standard InChI is InChI=1S/C23H24N2O3S2/c1-17-8-12-21(13-9-17)30(27,28)25-22-16-19(11-10-18(22)2)23(26)24-14-15-29-20-6-4-3-5-7-20/h3-13,16,25H,14-15H2,1-2H3,(H,24,26). The summed E-state index contributed by atoms with van der Waals surface area (Å²) in [7, 11) is -3.73. The van der Waals surface area contributed by atoms with Gasteiger partial charge in [-0.15, -0.1) is 11.8 Å². The van der Waals surface area contributed by atoms with Crippen molar-refractivity contribution < 1.29 is 13.2 Å². The van der Waals surface area contributed by atoms with Crippen molar-refractivity contribution in [1.82, 2.24) is 5.32 Å². The molecule has 0 saturated heterocycles. The molecular formula is C23H24N2O3S2. The van der Waals surface area contributed by atoms with E-state index in [0.717, 1.165) is 21.8 Å². The fraction of sp³-hybridized carbons (Fsp3) is 0.174. The van der Waals surface area contributed by atoms with Crippen LogP contribution in [0.25, 0.3) is 0 Å². The van der Waals surface area contributed by atoms with Crippen LogP contribution in [0.4, 0.5) is 5.69 Å². The monoisotopic (exact) mass is 440 g/mol. The number of anilines is 1. The second-order valence-corrected chi connectivity index (χ2v) is 9.72. The number of carbonyl (C=O) groups excluding carboxylic acids is 1. The van der Waals surface area contributed by atoms with Crippen molar-refractivity contribution in [1.29, 1.82) is 0 Å². The summed E-state index contributed by atoms with van der Waals surface area (Å²) >= 11 is 1.66. The second kappa shape index (κ2) is 9.82. The maximum Gasteiger partial charge on any atom is 0.261 e. The maximum atomic E-state index is 12.7. The third kappa shape index (κ3) is 5.87. The Balaban J connectivity index is 1.64. The Morgan fingerprint density at radius 1 is 0.933 bits per heavy atom. The number of hydrogen-bond donors (Lipinski definition) is 2. The summed E-state index contributed by atoms with van der Waals surface area (Å²) in [6.07, 6.45) is 0. The number of sulfonamides is 1. The fourth-order valence-corrected chi connectivity index (χ4v) is 4.66. The number of nitrogens with one attached hydrogen (secondary N) is 2. The van der Waals surface area contributed by atoms with E-state index in [-0.39, 0.29) is 10.8 Å². The number of amides is 1. The first-order valence-electron chi connectivity index (χ1n) is 9.51. The van der Waals surface area contributed by atoms with E-state index in [1.165, 1.54) is 0 Å². The van der Waals surface area contributed by atoms with Crippen LogP contribution in [0, 0.1) is 13.8 Å². The molecule has 0 aliphatic heterocycles. The van der Waals surface area contributed by atoms with Gasteiger partial charge in [-0.25, -0.2) is 8.42 Å². The molecule has 0 aliphatic rings. The van der Waals surface area contributed by atoms with Crippen LogP contribution in [0.1, 0.15) is 21.5 Å². The highest BCUT2D eigenvalue weighted by atomic mass is 32.2. The molecule has 0 radical (unpaired) electrons. The summed E-state index contributed by atoms with van der Waals surface area (Å²) in [5, 5.41) is 2.88. The van der Waals surface area contributed by atoms with E-state index in [9.17, 15) is 13.2 Å². The molecule has 30 heavy (non-hydrogen) atoms. The molecule has 3 rings (SSSR count). The highest BCUT2D eigenvalue weighted by molar-refractivity contribution is 7.99. The summed E-state index contributed by atoms with van der Waals surface area (Å²) in [4.78, 5) is 13.8. The molecule has 0 spiro atoms. The molecule has 0 aromatic heterocycles. The van der Waals surface area contributed by atoms with E-state index in [1.54, 1.807) is 61.2 Å². The third-order valence-electron chi connectivity index (χ3n) is 4.47. The molecule has 156 valence electrons. The Labute approximate surface area is 182 Å². The predicted octanol–water partition coefficient (Wildman–Crippen LogP) is 4.63. The number of aryl methyl sites for hydroxylation is 2. The zero-order valence-electron chi connectivity index (χ0n) is 16.9. The average molecular weight is 441 g/mol. The van der Waals surface area contributed by atoms with E-state index < -0.39 is 10.0 Å². The summed E-state index contributed by atoms with van der Waals surface area (Å²) in [5.74, 6) is 0.508. The highest BCUT2D eigenvalue weighted by Gasteiger charge is 2.16. The molecular weight excluding hydrogens is 416 g/mol. The molecule has 0 heterocycles. The molecule has 3 aromatic rings. The van der Waals surface area contributed by atoms with E-state index >= 15 is 0 Å². The lowest BCUT2D eigenvalue weighted by Crippen LogP contribution is -2.26. The highest BCUT2D eigenvalue weighted by Crippen LogP contribution is 2.22. The molecule has 0 aliphatic carbocycles. The molecule has 7 heteroatoms. The first-order chi connectivity index (χ1) is 14.3. The van der Waals surface area contributed by atoms with Crippen molar-refractivity contribution in [2.75, 3.05) is 17.0 Å². The van der Waals surface area contributed by atoms with Gasteiger partial charge < -0.3 is 5.32 Å². The minimum Gasteiger partial charge on any atom is -0.351 e. The molecule has 0 atom stereocenters. The molecule has 0 saturated carbocycles. The van der Waals surface area contributed by atoms with Gasteiger partial charge in [-0.3, -0.25) is 9.52 Å². The molecule has 2 N–H and O–H groups in total. The Kier molecular flexibility index (Phi) is 7.18. The van der Waals surface area contributed by atoms with Gasteiger partial charge in [0.05, 0.1) is 10.6 Å². The Hall–Kier alpha value is -2.77. The van der Waals surface area contributed by atoms with Crippen LogP contribution in [-0.2, 0) is 10.0 Å². The van der Waals surface area contributed by atoms with E-state index in [0.29, 0.717) is 17.8 Å². The van der Waals surface area contributed by atoms with E-state index in [4.69, 9.17) is 0 Å². The van der Waals surface area contributed by atoms with Crippen LogP contribution in [0.5, 0.6) is 0 Å². The zero-order valence-corrected chi connectivity index (χ0v) is 18.5. The van der Waals surface area contributed by atoms with Gasteiger partial charge in [-0.2, -0.15) is 0 Å². The summed E-state index contributed by atoms with van der Waals surface area (Å²) in [6, 6.07) is 21.6. The minimum atomic E-state index is -3.73. The van der Waals surface area contributed by atoms with Gasteiger partial charge in [0.1, 0.15) is 0 Å². The molecule has 0 unspecified atom stereocenters. The molecule has 5 nitrogen and oxygen atoms in total. The van der Waals surface area contributed by atoms with Crippen molar-refractivity contribution in [3.8, 4) is 0 Å². The average Bonchev–Trinajstić information content (AvgIpc) is 2.73. The number of carbonyl (C=O) groups is 1. The quantitative estimate of drug-likeness (QED) is 0.396. The van der Waals surface area contributed by atoms with Gasteiger partial charge in [0.25, 0.3) is 15.9 Å². The van der Waals surface area contributed by atoms with Crippen LogP contribution >= 0.6 is 11.8 Å². The van der Waals surface area contributed by atoms with Gasteiger partial charge in [0, 0.05) is 22.8 Å². The SMILES string of the molecule is Cc1ccc(S(=O)(=O)Nc2cc(C(=O)NCCSc3ccccc3)ccc2C)cc1. The second-order valence-electron chi connectivity index (χ2n) is 6.87. The Morgan fingerprint density at radius 3 is 2.33 bits per heavy atom. The van der Waals surface area contributed by atoms with Crippen molar-refractivity contribution in [3.05, 3.63) is 89.5 Å². The van der Waals surface area contributed by atoms with Crippen molar-refractivity contribution in [2.45, 2.75) is 23.6 Å². The first-order valence-corrected chi connectivity index (χ1v) is 12.0. The van der Waals surface area contributed by atoms with Gasteiger partial charge in [-0.1, -0.05) is 42.0 Å². The normalized spacial score (nSPS) is 11.1. The van der Waals surface area contributed by atoms with Crippen LogP contribution in [-0.4, -0.2) is 26.6 Å². The third-order valence-corrected chi connectivity index (χ3v) is 6.87. The lowest BCUT2D eigenvalue weighted by Gasteiger charge is -2.13. The summed E-state index contributed by atoms with van der Waals surface area (Å²) in [5.41, 5.74) is 2.52. The van der Waals surface area contributed by atoms with Gasteiger partial charge in [-0.05, 0) is 55.8 Å². The van der Waals surface area contributed by atoms with Crippen molar-refractivity contribution >= 4 is 33.4 Å². The Bertz CT molecular complexity index is 1110. The van der Waals surface area contributed by atoms with E-state index in [1.807, 2.05) is 37.3 Å². The van der Waals surface area contributed by atoms with Crippen LogP contribution in [0.3, 0.4) is 0 Å². The van der Waals surface area contributed by atoms with Crippen LogP contribution < -0.4 is 10.0 Å². The van der Waals surface area contributed by atoms with Gasteiger partial charge in [0.2, 0.25) is 0 Å². The number of thioether (sulfide) groups is 1. The Morgan fingerprint density at radius 2 is 1.63 bits per heavy atom. The molecule has 1 amide bonds. The van der Waals surface area contributed by atoms with Gasteiger partial charge in [0.15, 0.2) is 0 Å². The summed E-state index contributed by atoms with van der Waals surface area (Å²) in [6.45, 7) is 4.20. The van der Waals surface area contributed by atoms with Gasteiger partial charge >= 0.3 is 0 Å². The summed E-state index contributed by atoms with van der Waals surface area (Å²) < 4.78 is 27.9. The minimum absolute atomic E-state index is 0.181. The number of hydrogen-bond acceptors (Lipinski definition) is 4. The maximum absolute atomic E-state index is 12.7. The van der Waals surface area contributed by atoms with Crippen LogP contribution in [0.2, 0.25) is 0 Å². The lowest BCUT2D eigenvalue weighted by atomic mass is 10.1. The topological polar surface area (TPSA) is 75.3 Å². The predicted molar refractivity (Wildman–Crippen MR) is 123 cm³/mol. The lowest BCUT2D eigenvalue weighted by molar-refractivity contribution is 0.0956. The molecule has 0 bridgehead atoms. The number of benzene rings is 3. The van der Waals surface area contributed by atoms with Crippen molar-refractivity contribution in [2.24, 2.45) is 0 Å². The number of rotatable bonds is 8. The zero-order chi connectivity index (χ0) is 21.6. The van der Waals surface area contributed by atoms with E-state index in [2.05, 4.69) is 10.0 Å². The largest absolute Gasteiger partial charge is 0.351 e.